The average molecular weight is 260 g/mol. The Bertz CT molecular complexity index is 227. The minimum Gasteiger partial charge on any atom is -0.378 e. The van der Waals surface area contributed by atoms with Crippen LogP contribution in [0.5, 0.6) is 0 Å². The molecule has 0 spiro atoms. The number of ether oxygens (including phenoxy) is 1. The second-order valence-electron chi connectivity index (χ2n) is 5.19. The molecule has 3 atom stereocenters. The van der Waals surface area contributed by atoms with Gasteiger partial charge in [0.2, 0.25) is 0 Å². The van der Waals surface area contributed by atoms with Gasteiger partial charge in [0.05, 0.1) is 6.10 Å². The lowest BCUT2D eigenvalue weighted by atomic mass is 9.84. The molecule has 102 valence electrons. The number of nitrogens with zero attached hydrogens (tertiary/aromatic N) is 1. The summed E-state index contributed by atoms with van der Waals surface area (Å²) in [5, 5.41) is 0. The molecule has 1 fully saturated rings. The van der Waals surface area contributed by atoms with Crippen LogP contribution >= 0.6 is 11.8 Å². The Balaban J connectivity index is 2.76. The Morgan fingerprint density at radius 3 is 2.76 bits per heavy atom. The number of thioether (sulfide) groups is 1. The van der Waals surface area contributed by atoms with Gasteiger partial charge < -0.3 is 10.5 Å². The van der Waals surface area contributed by atoms with Crippen molar-refractivity contribution in [2.75, 3.05) is 32.2 Å². The summed E-state index contributed by atoms with van der Waals surface area (Å²) in [6, 6.07) is 0.624. The summed E-state index contributed by atoms with van der Waals surface area (Å²) in [7, 11) is 2.25. The molecule has 1 aliphatic heterocycles. The van der Waals surface area contributed by atoms with Crippen LogP contribution in [0.1, 0.15) is 33.1 Å². The molecule has 0 bridgehead atoms. The van der Waals surface area contributed by atoms with Crippen molar-refractivity contribution in [3.63, 3.8) is 0 Å². The largest absolute Gasteiger partial charge is 0.378 e. The summed E-state index contributed by atoms with van der Waals surface area (Å²) in [5.74, 6) is 1.18. The number of likely N-dealkylation sites (N-methyl/N-ethyl adjacent to an activating group) is 1. The summed E-state index contributed by atoms with van der Waals surface area (Å²) in [4.78, 5) is 2.53. The molecule has 1 aliphatic rings. The van der Waals surface area contributed by atoms with Gasteiger partial charge in [0, 0.05) is 30.5 Å². The van der Waals surface area contributed by atoms with Gasteiger partial charge in [-0.25, -0.2) is 0 Å². The first kappa shape index (κ1) is 15.3. The molecule has 1 heterocycles. The van der Waals surface area contributed by atoms with Crippen LogP contribution < -0.4 is 5.73 Å². The summed E-state index contributed by atoms with van der Waals surface area (Å²) in [5.41, 5.74) is 6.23. The van der Waals surface area contributed by atoms with E-state index >= 15 is 0 Å². The van der Waals surface area contributed by atoms with Crippen molar-refractivity contribution in [3.8, 4) is 0 Å². The van der Waals surface area contributed by atoms with Crippen molar-refractivity contribution in [1.29, 1.82) is 0 Å². The Morgan fingerprint density at radius 1 is 1.59 bits per heavy atom. The Kier molecular flexibility index (Phi) is 6.27. The highest BCUT2D eigenvalue weighted by molar-refractivity contribution is 7.98. The summed E-state index contributed by atoms with van der Waals surface area (Å²) >= 11 is 1.92. The fraction of sp³-hybridized carbons (Fsp3) is 1.00. The van der Waals surface area contributed by atoms with Crippen LogP contribution in [0.15, 0.2) is 0 Å². The highest BCUT2D eigenvalue weighted by Crippen LogP contribution is 2.31. The molecule has 17 heavy (non-hydrogen) atoms. The van der Waals surface area contributed by atoms with Gasteiger partial charge in [0.1, 0.15) is 0 Å². The van der Waals surface area contributed by atoms with Crippen LogP contribution in [-0.4, -0.2) is 54.8 Å². The maximum atomic E-state index is 6.09. The molecular weight excluding hydrogens is 232 g/mol. The quantitative estimate of drug-likeness (QED) is 0.792. The van der Waals surface area contributed by atoms with Crippen molar-refractivity contribution in [2.24, 2.45) is 5.73 Å². The molecule has 1 rings (SSSR count). The maximum absolute atomic E-state index is 6.09. The van der Waals surface area contributed by atoms with Crippen molar-refractivity contribution < 1.29 is 4.74 Å². The number of rotatable bonds is 6. The van der Waals surface area contributed by atoms with E-state index in [1.54, 1.807) is 0 Å². The first-order chi connectivity index (χ1) is 8.09. The predicted octanol–water partition coefficient (Wildman–Crippen LogP) is 1.96. The maximum Gasteiger partial charge on any atom is 0.0565 e. The minimum atomic E-state index is 0.147. The van der Waals surface area contributed by atoms with Crippen LogP contribution in [-0.2, 0) is 4.74 Å². The van der Waals surface area contributed by atoms with Crippen molar-refractivity contribution in [2.45, 2.75) is 50.8 Å². The first-order valence-corrected chi connectivity index (χ1v) is 8.02. The molecule has 0 radical (unpaired) electrons. The number of hydrogen-bond acceptors (Lipinski definition) is 4. The van der Waals surface area contributed by atoms with Gasteiger partial charge in [-0.3, -0.25) is 4.90 Å². The fourth-order valence-corrected chi connectivity index (χ4v) is 3.72. The van der Waals surface area contributed by atoms with Crippen LogP contribution in [0.4, 0.5) is 0 Å². The van der Waals surface area contributed by atoms with E-state index in [1.807, 2.05) is 11.8 Å². The zero-order valence-electron chi connectivity index (χ0n) is 11.7. The van der Waals surface area contributed by atoms with Crippen molar-refractivity contribution in [3.05, 3.63) is 0 Å². The van der Waals surface area contributed by atoms with E-state index in [2.05, 4.69) is 32.1 Å². The smallest absolute Gasteiger partial charge is 0.0565 e. The highest BCUT2D eigenvalue weighted by Gasteiger charge is 2.40. The third-order valence-electron chi connectivity index (χ3n) is 4.14. The van der Waals surface area contributed by atoms with E-state index in [1.165, 1.54) is 12.2 Å². The van der Waals surface area contributed by atoms with E-state index in [-0.39, 0.29) is 5.54 Å². The predicted molar refractivity (Wildman–Crippen MR) is 76.7 cm³/mol. The third-order valence-corrected chi connectivity index (χ3v) is 4.86. The molecule has 3 nitrogen and oxygen atoms in total. The molecule has 1 saturated heterocycles. The van der Waals surface area contributed by atoms with E-state index in [4.69, 9.17) is 10.5 Å². The summed E-state index contributed by atoms with van der Waals surface area (Å²) in [6.45, 7) is 6.01. The monoisotopic (exact) mass is 260 g/mol. The zero-order chi connectivity index (χ0) is 12.9. The molecule has 0 aliphatic carbocycles. The topological polar surface area (TPSA) is 38.5 Å². The lowest BCUT2D eigenvalue weighted by molar-refractivity contribution is -0.0658. The molecule has 0 saturated carbocycles. The van der Waals surface area contributed by atoms with Crippen LogP contribution in [0.25, 0.3) is 0 Å². The Labute approximate surface area is 110 Å². The number of nitrogens with two attached hydrogens (primary N) is 1. The molecule has 4 heteroatoms. The Morgan fingerprint density at radius 2 is 2.29 bits per heavy atom. The molecule has 0 aromatic carbocycles. The van der Waals surface area contributed by atoms with E-state index in [0.717, 1.165) is 26.0 Å². The molecule has 0 amide bonds. The van der Waals surface area contributed by atoms with Gasteiger partial charge in [-0.05, 0) is 39.5 Å². The van der Waals surface area contributed by atoms with Gasteiger partial charge in [-0.1, -0.05) is 6.92 Å². The van der Waals surface area contributed by atoms with Gasteiger partial charge >= 0.3 is 0 Å². The lowest BCUT2D eigenvalue weighted by Gasteiger charge is -2.49. The standard InChI is InChI=1S/C13H28N2OS/c1-5-12(9-17-4)15(3)13(10-14)6-7-16-11(2)8-13/h11-12H,5-10,14H2,1-4H3. The second kappa shape index (κ2) is 6.98. The van der Waals surface area contributed by atoms with E-state index in [0.29, 0.717) is 12.1 Å². The van der Waals surface area contributed by atoms with Crippen molar-refractivity contribution in [1.82, 2.24) is 4.90 Å². The second-order valence-corrected chi connectivity index (χ2v) is 6.10. The fourth-order valence-electron chi connectivity index (χ4n) is 2.88. The van der Waals surface area contributed by atoms with E-state index < -0.39 is 0 Å². The minimum absolute atomic E-state index is 0.147. The molecular formula is C13H28N2OS. The summed E-state index contributed by atoms with van der Waals surface area (Å²) in [6.07, 6.45) is 5.83. The first-order valence-electron chi connectivity index (χ1n) is 6.63. The summed E-state index contributed by atoms with van der Waals surface area (Å²) < 4.78 is 5.67. The normalized spacial score (nSPS) is 31.8. The lowest BCUT2D eigenvalue weighted by Crippen LogP contribution is -2.60. The van der Waals surface area contributed by atoms with Gasteiger partial charge in [0.25, 0.3) is 0 Å². The van der Waals surface area contributed by atoms with Crippen LogP contribution in [0.3, 0.4) is 0 Å². The third kappa shape index (κ3) is 3.60. The van der Waals surface area contributed by atoms with E-state index in [9.17, 15) is 0 Å². The molecule has 2 N–H and O–H groups in total. The molecule has 0 aromatic heterocycles. The van der Waals surface area contributed by atoms with Gasteiger partial charge in [0.15, 0.2) is 0 Å². The van der Waals surface area contributed by atoms with Crippen LogP contribution in [0.2, 0.25) is 0 Å². The molecule has 0 aromatic rings. The van der Waals surface area contributed by atoms with Gasteiger partial charge in [-0.15, -0.1) is 0 Å². The highest BCUT2D eigenvalue weighted by atomic mass is 32.2. The Hall–Kier alpha value is 0.230. The van der Waals surface area contributed by atoms with Gasteiger partial charge in [-0.2, -0.15) is 11.8 Å². The average Bonchev–Trinajstić information content (AvgIpc) is 2.35. The zero-order valence-corrected chi connectivity index (χ0v) is 12.6. The number of hydrogen-bond donors (Lipinski definition) is 1. The molecule has 3 unspecified atom stereocenters. The van der Waals surface area contributed by atoms with Crippen LogP contribution in [0, 0.1) is 0 Å². The SMILES string of the molecule is CCC(CSC)N(C)C1(CN)CCOC(C)C1. The van der Waals surface area contributed by atoms with Crippen molar-refractivity contribution >= 4 is 11.8 Å².